The molecule has 1 aliphatic carbocycles. The van der Waals surface area contributed by atoms with E-state index in [1.165, 1.54) is 0 Å². The van der Waals surface area contributed by atoms with E-state index in [2.05, 4.69) is 43.5 Å². The number of alkyl carbamates (subject to hydrolysis) is 1. The maximum atomic E-state index is 12.8. The molecule has 34 heavy (non-hydrogen) atoms. The number of carboxylic acids is 1. The van der Waals surface area contributed by atoms with Gasteiger partial charge in [0.15, 0.2) is 0 Å². The molecule has 0 fully saturated rings. The van der Waals surface area contributed by atoms with Gasteiger partial charge in [-0.25, -0.2) is 4.79 Å². The number of fused-ring (bicyclic) bond motifs is 3. The molecule has 0 aromatic heterocycles. The lowest BCUT2D eigenvalue weighted by Gasteiger charge is -2.25. The molecule has 1 aliphatic rings. The summed E-state index contributed by atoms with van der Waals surface area (Å²) >= 11 is 0. The van der Waals surface area contributed by atoms with Gasteiger partial charge in [-0.2, -0.15) is 0 Å². The summed E-state index contributed by atoms with van der Waals surface area (Å²) in [5.41, 5.74) is 4.47. The molecule has 182 valence electrons. The van der Waals surface area contributed by atoms with Gasteiger partial charge in [0.1, 0.15) is 12.6 Å². The smallest absolute Gasteiger partial charge is 0.407 e. The molecule has 2 atom stereocenters. The third kappa shape index (κ3) is 6.59. The molecule has 2 aromatic carbocycles. The van der Waals surface area contributed by atoms with Crippen LogP contribution in [-0.2, 0) is 14.3 Å². The second-order valence-electron chi connectivity index (χ2n) is 10.1. The molecule has 2 amide bonds. The zero-order valence-corrected chi connectivity index (χ0v) is 20.3. The minimum Gasteiger partial charge on any atom is -0.481 e. The van der Waals surface area contributed by atoms with E-state index < -0.39 is 30.1 Å². The molecule has 0 aliphatic heterocycles. The Morgan fingerprint density at radius 3 is 2.06 bits per heavy atom. The molecule has 0 radical (unpaired) electrons. The van der Waals surface area contributed by atoms with Crippen molar-refractivity contribution in [3.8, 4) is 11.1 Å². The molecule has 7 heteroatoms. The zero-order valence-electron chi connectivity index (χ0n) is 20.3. The van der Waals surface area contributed by atoms with Crippen molar-refractivity contribution >= 4 is 18.0 Å². The minimum absolute atomic E-state index is 0.0337. The highest BCUT2D eigenvalue weighted by atomic mass is 16.5. The molecule has 3 N–H and O–H groups in total. The normalized spacial score (nSPS) is 14.5. The largest absolute Gasteiger partial charge is 0.481 e. The lowest BCUT2D eigenvalue weighted by Crippen LogP contribution is -2.50. The minimum atomic E-state index is -0.997. The van der Waals surface area contributed by atoms with Gasteiger partial charge in [0.25, 0.3) is 0 Å². The van der Waals surface area contributed by atoms with E-state index in [1.807, 2.05) is 36.4 Å². The molecule has 0 bridgehead atoms. The Morgan fingerprint density at radius 2 is 1.53 bits per heavy atom. The van der Waals surface area contributed by atoms with Crippen LogP contribution in [0.1, 0.15) is 64.0 Å². The summed E-state index contributed by atoms with van der Waals surface area (Å²) in [4.78, 5) is 36.5. The topological polar surface area (TPSA) is 105 Å². The maximum absolute atomic E-state index is 12.8. The number of carbonyl (C=O) groups is 3. The molecule has 0 spiro atoms. The predicted octanol–water partition coefficient (Wildman–Crippen LogP) is 4.70. The molecular weight excluding hydrogens is 432 g/mol. The van der Waals surface area contributed by atoms with E-state index in [1.54, 1.807) is 6.92 Å². The van der Waals surface area contributed by atoms with E-state index in [-0.39, 0.29) is 24.4 Å². The number of benzene rings is 2. The first-order valence-corrected chi connectivity index (χ1v) is 11.7. The van der Waals surface area contributed by atoms with Gasteiger partial charge in [-0.1, -0.05) is 69.3 Å². The van der Waals surface area contributed by atoms with Crippen molar-refractivity contribution in [1.82, 2.24) is 10.6 Å². The highest BCUT2D eigenvalue weighted by molar-refractivity contribution is 5.86. The average molecular weight is 467 g/mol. The quantitative estimate of drug-likeness (QED) is 0.497. The molecule has 2 aromatic rings. The van der Waals surface area contributed by atoms with Crippen molar-refractivity contribution in [2.24, 2.45) is 5.41 Å². The van der Waals surface area contributed by atoms with Gasteiger partial charge in [-0.15, -0.1) is 0 Å². The summed E-state index contributed by atoms with van der Waals surface area (Å²) in [6.45, 7) is 7.95. The SMILES string of the molecule is CC(CC(=O)O)NC(=O)C(CCC(C)(C)C)NC(=O)OCC1c2ccccc2-c2ccccc21. The van der Waals surface area contributed by atoms with Crippen LogP contribution in [0.5, 0.6) is 0 Å². The third-order valence-corrected chi connectivity index (χ3v) is 6.00. The van der Waals surface area contributed by atoms with Crippen molar-refractivity contribution in [2.75, 3.05) is 6.61 Å². The van der Waals surface area contributed by atoms with Gasteiger partial charge in [0.2, 0.25) is 5.91 Å². The van der Waals surface area contributed by atoms with Crippen molar-refractivity contribution < 1.29 is 24.2 Å². The van der Waals surface area contributed by atoms with E-state index in [9.17, 15) is 14.4 Å². The van der Waals surface area contributed by atoms with Gasteiger partial charge in [-0.05, 0) is 47.4 Å². The molecule has 0 saturated carbocycles. The summed E-state index contributed by atoms with van der Waals surface area (Å²) in [6, 6.07) is 14.8. The molecule has 3 rings (SSSR count). The number of nitrogens with one attached hydrogen (secondary N) is 2. The Balaban J connectivity index is 1.66. The van der Waals surface area contributed by atoms with Crippen LogP contribution < -0.4 is 10.6 Å². The lowest BCUT2D eigenvalue weighted by molar-refractivity contribution is -0.137. The van der Waals surface area contributed by atoms with Crippen molar-refractivity contribution in [1.29, 1.82) is 0 Å². The Labute approximate surface area is 200 Å². The van der Waals surface area contributed by atoms with Crippen LogP contribution in [0.3, 0.4) is 0 Å². The number of carbonyl (C=O) groups excluding carboxylic acids is 2. The Hall–Kier alpha value is -3.35. The molecule has 0 heterocycles. The lowest BCUT2D eigenvalue weighted by atomic mass is 9.88. The zero-order chi connectivity index (χ0) is 24.9. The first-order chi connectivity index (χ1) is 16.0. The summed E-state index contributed by atoms with van der Waals surface area (Å²) in [6.07, 6.45) is 0.256. The van der Waals surface area contributed by atoms with E-state index in [0.29, 0.717) is 12.8 Å². The first kappa shape index (κ1) is 25.3. The summed E-state index contributed by atoms with van der Waals surface area (Å²) in [5, 5.41) is 14.3. The van der Waals surface area contributed by atoms with Crippen LogP contribution in [0.4, 0.5) is 4.79 Å². The Morgan fingerprint density at radius 1 is 0.971 bits per heavy atom. The van der Waals surface area contributed by atoms with Crippen LogP contribution in [-0.4, -0.2) is 41.8 Å². The Kier molecular flexibility index (Phi) is 7.97. The maximum Gasteiger partial charge on any atom is 0.407 e. The molecule has 0 saturated heterocycles. The van der Waals surface area contributed by atoms with Gasteiger partial charge in [0.05, 0.1) is 6.42 Å². The van der Waals surface area contributed by atoms with E-state index >= 15 is 0 Å². The fourth-order valence-electron chi connectivity index (χ4n) is 4.28. The highest BCUT2D eigenvalue weighted by Crippen LogP contribution is 2.44. The third-order valence-electron chi connectivity index (χ3n) is 6.00. The van der Waals surface area contributed by atoms with Crippen LogP contribution >= 0.6 is 0 Å². The first-order valence-electron chi connectivity index (χ1n) is 11.7. The van der Waals surface area contributed by atoms with Gasteiger partial charge < -0.3 is 20.5 Å². The number of rotatable bonds is 9. The number of amides is 2. The fourth-order valence-corrected chi connectivity index (χ4v) is 4.28. The van der Waals surface area contributed by atoms with Crippen molar-refractivity contribution in [3.05, 3.63) is 59.7 Å². The number of hydrogen-bond donors (Lipinski definition) is 3. The summed E-state index contributed by atoms with van der Waals surface area (Å²) in [7, 11) is 0. The summed E-state index contributed by atoms with van der Waals surface area (Å²) in [5.74, 6) is -1.48. The standard InChI is InChI=1S/C27H34N2O5/c1-17(15-24(30)31)28-25(32)23(13-14-27(2,3)4)29-26(33)34-16-22-20-11-7-5-9-18(20)19-10-6-8-12-21(19)22/h5-12,17,22-23H,13-16H2,1-4H3,(H,28,32)(H,29,33)(H,30,31). The predicted molar refractivity (Wildman–Crippen MR) is 131 cm³/mol. The Bertz CT molecular complexity index is 998. The van der Waals surface area contributed by atoms with Crippen molar-refractivity contribution in [3.63, 3.8) is 0 Å². The van der Waals surface area contributed by atoms with Crippen molar-refractivity contribution in [2.45, 2.75) is 65.0 Å². The molecular formula is C27H34N2O5. The van der Waals surface area contributed by atoms with Gasteiger partial charge in [0, 0.05) is 12.0 Å². The van der Waals surface area contributed by atoms with Gasteiger partial charge >= 0.3 is 12.1 Å². The van der Waals surface area contributed by atoms with E-state index in [0.717, 1.165) is 22.3 Å². The number of aliphatic carboxylic acids is 1. The second kappa shape index (κ2) is 10.7. The number of ether oxygens (including phenoxy) is 1. The molecule has 2 unspecified atom stereocenters. The van der Waals surface area contributed by atoms with Crippen LogP contribution in [0.15, 0.2) is 48.5 Å². The van der Waals surface area contributed by atoms with Crippen LogP contribution in [0, 0.1) is 5.41 Å². The molecule has 7 nitrogen and oxygen atoms in total. The van der Waals surface area contributed by atoms with Gasteiger partial charge in [-0.3, -0.25) is 9.59 Å². The van der Waals surface area contributed by atoms with Crippen LogP contribution in [0.25, 0.3) is 11.1 Å². The van der Waals surface area contributed by atoms with Crippen LogP contribution in [0.2, 0.25) is 0 Å². The average Bonchev–Trinajstić information content (AvgIpc) is 3.07. The monoisotopic (exact) mass is 466 g/mol. The summed E-state index contributed by atoms with van der Waals surface area (Å²) < 4.78 is 5.60. The second-order valence-corrected chi connectivity index (χ2v) is 10.1. The number of carboxylic acid groups (broad SMARTS) is 1. The van der Waals surface area contributed by atoms with E-state index in [4.69, 9.17) is 9.84 Å². The fraction of sp³-hybridized carbons (Fsp3) is 0.444. The number of hydrogen-bond acceptors (Lipinski definition) is 4. The highest BCUT2D eigenvalue weighted by Gasteiger charge is 2.30.